The molecule has 1 amide bonds. The summed E-state index contributed by atoms with van der Waals surface area (Å²) in [5.74, 6) is -0.694. The third-order valence-corrected chi connectivity index (χ3v) is 2.43. The molecule has 6 nitrogen and oxygen atoms in total. The number of amides is 1. The molecule has 100 valence electrons. The van der Waals surface area contributed by atoms with Gasteiger partial charge in [-0.25, -0.2) is 9.07 Å². The fraction of sp³-hybridized carbons (Fsp3) is 0.250. The first-order valence-electron chi connectivity index (χ1n) is 5.73. The Morgan fingerprint density at radius 3 is 2.89 bits per heavy atom. The van der Waals surface area contributed by atoms with Gasteiger partial charge in [-0.2, -0.15) is 0 Å². The van der Waals surface area contributed by atoms with Crippen molar-refractivity contribution in [2.45, 2.75) is 20.0 Å². The molecule has 0 aliphatic carbocycles. The minimum Gasteiger partial charge on any atom is -0.325 e. The van der Waals surface area contributed by atoms with E-state index in [1.54, 1.807) is 19.2 Å². The highest BCUT2D eigenvalue weighted by Crippen LogP contribution is 2.13. The molecule has 1 aromatic heterocycles. The molecule has 1 aromatic carbocycles. The number of anilines is 1. The van der Waals surface area contributed by atoms with Crippen LogP contribution in [0.2, 0.25) is 0 Å². The van der Waals surface area contributed by atoms with Gasteiger partial charge in [0, 0.05) is 12.2 Å². The zero-order valence-electron chi connectivity index (χ0n) is 10.4. The van der Waals surface area contributed by atoms with Gasteiger partial charge in [-0.05, 0) is 30.7 Å². The van der Waals surface area contributed by atoms with E-state index in [0.717, 1.165) is 5.56 Å². The maximum Gasteiger partial charge on any atom is 0.246 e. The molecule has 0 fully saturated rings. The van der Waals surface area contributed by atoms with Gasteiger partial charge >= 0.3 is 0 Å². The number of nitrogens with zero attached hydrogens (tertiary/aromatic N) is 3. The lowest BCUT2D eigenvalue weighted by molar-refractivity contribution is -0.116. The smallest absolute Gasteiger partial charge is 0.246 e. The number of nitrogens with one attached hydrogen (secondary N) is 1. The van der Waals surface area contributed by atoms with Gasteiger partial charge in [0.25, 0.3) is 0 Å². The van der Waals surface area contributed by atoms with E-state index in [1.165, 1.54) is 16.8 Å². The zero-order chi connectivity index (χ0) is 13.8. The standard InChI is InChI=1S/C12H14FN5O/c1-8-2-9(13)4-10(3-8)15-12(19)7-18-6-11(5-14)16-17-18/h2-4,6H,5,7,14H2,1H3,(H,15,19). The summed E-state index contributed by atoms with van der Waals surface area (Å²) < 4.78 is 14.5. The third-order valence-electron chi connectivity index (χ3n) is 2.43. The Morgan fingerprint density at radius 2 is 2.26 bits per heavy atom. The van der Waals surface area contributed by atoms with Crippen LogP contribution >= 0.6 is 0 Å². The summed E-state index contributed by atoms with van der Waals surface area (Å²) >= 11 is 0. The van der Waals surface area contributed by atoms with Crippen LogP contribution in [0.25, 0.3) is 0 Å². The van der Waals surface area contributed by atoms with Crippen LogP contribution in [0.3, 0.4) is 0 Å². The summed E-state index contributed by atoms with van der Waals surface area (Å²) in [6.45, 7) is 2.02. The predicted octanol–water partition coefficient (Wildman–Crippen LogP) is 0.823. The molecule has 0 bridgehead atoms. The minimum atomic E-state index is -0.388. The third kappa shape index (κ3) is 3.59. The molecule has 0 atom stereocenters. The molecule has 2 aromatic rings. The van der Waals surface area contributed by atoms with E-state index in [4.69, 9.17) is 5.73 Å². The number of carbonyl (C=O) groups excluding carboxylic acids is 1. The molecule has 0 unspecified atom stereocenters. The van der Waals surface area contributed by atoms with E-state index in [2.05, 4.69) is 15.6 Å². The molecule has 1 heterocycles. The van der Waals surface area contributed by atoms with Crippen LogP contribution in [0, 0.1) is 12.7 Å². The molecular weight excluding hydrogens is 249 g/mol. The maximum atomic E-state index is 13.2. The Bertz CT molecular complexity index is 575. The highest BCUT2D eigenvalue weighted by atomic mass is 19.1. The Labute approximate surface area is 109 Å². The van der Waals surface area contributed by atoms with Crippen molar-refractivity contribution in [1.29, 1.82) is 0 Å². The molecule has 3 N–H and O–H groups in total. The minimum absolute atomic E-state index is 0.00254. The highest BCUT2D eigenvalue weighted by molar-refractivity contribution is 5.90. The number of aromatic nitrogens is 3. The number of benzene rings is 1. The predicted molar refractivity (Wildman–Crippen MR) is 67.7 cm³/mol. The van der Waals surface area contributed by atoms with Gasteiger partial charge in [-0.1, -0.05) is 5.21 Å². The van der Waals surface area contributed by atoms with Gasteiger partial charge in [-0.3, -0.25) is 4.79 Å². The van der Waals surface area contributed by atoms with Crippen molar-refractivity contribution in [2.75, 3.05) is 5.32 Å². The van der Waals surface area contributed by atoms with E-state index < -0.39 is 0 Å². The van der Waals surface area contributed by atoms with Crippen LogP contribution in [0.4, 0.5) is 10.1 Å². The number of nitrogens with two attached hydrogens (primary N) is 1. The Balaban J connectivity index is 2.00. The van der Waals surface area contributed by atoms with E-state index in [0.29, 0.717) is 11.4 Å². The molecule has 7 heteroatoms. The molecule has 0 saturated heterocycles. The summed E-state index contributed by atoms with van der Waals surface area (Å²) in [7, 11) is 0. The molecule has 0 radical (unpaired) electrons. The quantitative estimate of drug-likeness (QED) is 0.855. The number of hydrogen-bond acceptors (Lipinski definition) is 4. The fourth-order valence-electron chi connectivity index (χ4n) is 1.67. The second-order valence-corrected chi connectivity index (χ2v) is 4.18. The van der Waals surface area contributed by atoms with Crippen LogP contribution in [0.1, 0.15) is 11.3 Å². The first kappa shape index (κ1) is 13.2. The average Bonchev–Trinajstić information content (AvgIpc) is 2.74. The lowest BCUT2D eigenvalue weighted by Gasteiger charge is -2.06. The van der Waals surface area contributed by atoms with Crippen LogP contribution in [-0.4, -0.2) is 20.9 Å². The lowest BCUT2D eigenvalue weighted by Crippen LogP contribution is -2.19. The fourth-order valence-corrected chi connectivity index (χ4v) is 1.67. The monoisotopic (exact) mass is 263 g/mol. The number of aryl methyl sites for hydroxylation is 1. The second kappa shape index (κ2) is 5.57. The molecular formula is C12H14FN5O. The summed E-state index contributed by atoms with van der Waals surface area (Å²) in [4.78, 5) is 11.7. The van der Waals surface area contributed by atoms with Crippen LogP contribution in [-0.2, 0) is 17.9 Å². The SMILES string of the molecule is Cc1cc(F)cc(NC(=O)Cn2cc(CN)nn2)c1. The van der Waals surface area contributed by atoms with Crippen molar-refractivity contribution in [3.63, 3.8) is 0 Å². The lowest BCUT2D eigenvalue weighted by atomic mass is 10.2. The normalized spacial score (nSPS) is 10.5. The molecule has 0 saturated carbocycles. The molecule has 0 aliphatic heterocycles. The van der Waals surface area contributed by atoms with Crippen molar-refractivity contribution in [2.24, 2.45) is 5.73 Å². The molecule has 2 rings (SSSR count). The number of rotatable bonds is 4. The van der Waals surface area contributed by atoms with Crippen molar-refractivity contribution >= 4 is 11.6 Å². The number of carbonyl (C=O) groups is 1. The van der Waals surface area contributed by atoms with Crippen molar-refractivity contribution < 1.29 is 9.18 Å². The number of halogens is 1. The van der Waals surface area contributed by atoms with Crippen LogP contribution in [0.5, 0.6) is 0 Å². The van der Waals surface area contributed by atoms with Crippen molar-refractivity contribution in [3.8, 4) is 0 Å². The number of hydrogen-bond donors (Lipinski definition) is 2. The van der Waals surface area contributed by atoms with Crippen molar-refractivity contribution in [3.05, 3.63) is 41.5 Å². The van der Waals surface area contributed by atoms with E-state index in [9.17, 15) is 9.18 Å². The van der Waals surface area contributed by atoms with E-state index in [-0.39, 0.29) is 24.8 Å². The Hall–Kier alpha value is -2.28. The first-order chi connectivity index (χ1) is 9.06. The van der Waals surface area contributed by atoms with Gasteiger partial charge < -0.3 is 11.1 Å². The van der Waals surface area contributed by atoms with Gasteiger partial charge in [0.2, 0.25) is 5.91 Å². The van der Waals surface area contributed by atoms with Gasteiger partial charge in [0.15, 0.2) is 0 Å². The van der Waals surface area contributed by atoms with Gasteiger partial charge in [-0.15, -0.1) is 5.10 Å². The van der Waals surface area contributed by atoms with Gasteiger partial charge in [0.05, 0.1) is 11.9 Å². The van der Waals surface area contributed by atoms with Gasteiger partial charge in [0.1, 0.15) is 12.4 Å². The average molecular weight is 263 g/mol. The topological polar surface area (TPSA) is 85.8 Å². The Morgan fingerprint density at radius 1 is 1.47 bits per heavy atom. The summed E-state index contributed by atoms with van der Waals surface area (Å²) in [6, 6.07) is 4.34. The van der Waals surface area contributed by atoms with E-state index in [1.807, 2.05) is 0 Å². The van der Waals surface area contributed by atoms with Crippen LogP contribution in [0.15, 0.2) is 24.4 Å². The van der Waals surface area contributed by atoms with Crippen LogP contribution < -0.4 is 11.1 Å². The molecule has 0 spiro atoms. The van der Waals surface area contributed by atoms with E-state index >= 15 is 0 Å². The highest BCUT2D eigenvalue weighted by Gasteiger charge is 2.07. The largest absolute Gasteiger partial charge is 0.325 e. The first-order valence-corrected chi connectivity index (χ1v) is 5.73. The second-order valence-electron chi connectivity index (χ2n) is 4.18. The molecule has 0 aliphatic rings. The maximum absolute atomic E-state index is 13.2. The summed E-state index contributed by atoms with van der Waals surface area (Å²) in [5, 5.41) is 10.1. The Kier molecular flexibility index (Phi) is 3.86. The summed E-state index contributed by atoms with van der Waals surface area (Å²) in [6.07, 6.45) is 1.59. The summed E-state index contributed by atoms with van der Waals surface area (Å²) in [5.41, 5.74) is 7.15. The molecule has 19 heavy (non-hydrogen) atoms. The van der Waals surface area contributed by atoms with Crippen molar-refractivity contribution in [1.82, 2.24) is 15.0 Å². The zero-order valence-corrected chi connectivity index (χ0v) is 10.4.